The molecule has 1 unspecified atom stereocenters. The van der Waals surface area contributed by atoms with E-state index >= 15 is 0 Å². The molecular formula is C24H24ClFN6OS. The maximum Gasteiger partial charge on any atom is 0.247 e. The molecule has 7 nitrogen and oxygen atoms in total. The molecule has 1 aliphatic rings. The van der Waals surface area contributed by atoms with Gasteiger partial charge in [0.05, 0.1) is 11.8 Å². The number of hydrogen-bond donors (Lipinski definition) is 0. The Hall–Kier alpha value is -2.75. The Labute approximate surface area is 206 Å². The van der Waals surface area contributed by atoms with Gasteiger partial charge >= 0.3 is 0 Å². The summed E-state index contributed by atoms with van der Waals surface area (Å²) in [5.74, 6) is 1.90. The van der Waals surface area contributed by atoms with Crippen molar-refractivity contribution in [1.29, 1.82) is 0 Å². The predicted octanol–water partition coefficient (Wildman–Crippen LogP) is 5.95. The number of piperidine rings is 1. The molecule has 3 heterocycles. The topological polar surface area (TPSA) is 72.9 Å². The molecule has 0 bridgehead atoms. The first kappa shape index (κ1) is 23.0. The van der Waals surface area contributed by atoms with Crippen LogP contribution in [-0.2, 0) is 5.75 Å². The molecule has 34 heavy (non-hydrogen) atoms. The first-order valence-corrected chi connectivity index (χ1v) is 12.6. The molecular weight excluding hydrogens is 475 g/mol. The van der Waals surface area contributed by atoms with Crippen LogP contribution in [0, 0.1) is 5.82 Å². The quantitative estimate of drug-likeness (QED) is 0.291. The van der Waals surface area contributed by atoms with Crippen LogP contribution in [0.15, 0.2) is 58.1 Å². The van der Waals surface area contributed by atoms with Crippen molar-refractivity contribution in [1.82, 2.24) is 29.9 Å². The van der Waals surface area contributed by atoms with E-state index in [1.807, 2.05) is 16.7 Å². The van der Waals surface area contributed by atoms with Crippen LogP contribution < -0.4 is 0 Å². The van der Waals surface area contributed by atoms with Gasteiger partial charge in [-0.05, 0) is 81.4 Å². The van der Waals surface area contributed by atoms with Crippen LogP contribution in [-0.4, -0.2) is 43.0 Å². The average molecular weight is 499 g/mol. The predicted molar refractivity (Wildman–Crippen MR) is 129 cm³/mol. The zero-order chi connectivity index (χ0) is 23.5. The van der Waals surface area contributed by atoms with Crippen molar-refractivity contribution in [2.75, 3.05) is 13.1 Å². The van der Waals surface area contributed by atoms with E-state index < -0.39 is 0 Å². The molecule has 1 aliphatic heterocycles. The summed E-state index contributed by atoms with van der Waals surface area (Å²) in [7, 11) is 0. The zero-order valence-electron chi connectivity index (χ0n) is 18.7. The number of halogens is 2. The van der Waals surface area contributed by atoms with E-state index in [9.17, 15) is 4.39 Å². The molecule has 0 amide bonds. The highest BCUT2D eigenvalue weighted by Crippen LogP contribution is 2.31. The molecule has 1 fully saturated rings. The smallest absolute Gasteiger partial charge is 0.247 e. The summed E-state index contributed by atoms with van der Waals surface area (Å²) >= 11 is 7.42. The molecule has 0 spiro atoms. The van der Waals surface area contributed by atoms with Crippen molar-refractivity contribution in [2.45, 2.75) is 43.1 Å². The lowest BCUT2D eigenvalue weighted by Crippen LogP contribution is -2.33. The van der Waals surface area contributed by atoms with E-state index in [-0.39, 0.29) is 11.9 Å². The second-order valence-electron chi connectivity index (χ2n) is 8.22. The van der Waals surface area contributed by atoms with Gasteiger partial charge in [0.15, 0.2) is 11.0 Å². The van der Waals surface area contributed by atoms with Gasteiger partial charge in [0.2, 0.25) is 11.8 Å². The lowest BCUT2D eigenvalue weighted by atomic mass is 10.1. The summed E-state index contributed by atoms with van der Waals surface area (Å²) in [5.41, 5.74) is 1.63. The minimum atomic E-state index is -0.280. The lowest BCUT2D eigenvalue weighted by molar-refractivity contribution is 0.167. The van der Waals surface area contributed by atoms with Crippen LogP contribution in [0.2, 0.25) is 5.02 Å². The normalized spacial score (nSPS) is 15.5. The van der Waals surface area contributed by atoms with Crippen molar-refractivity contribution >= 4 is 23.4 Å². The van der Waals surface area contributed by atoms with E-state index in [0.29, 0.717) is 27.7 Å². The number of benzene rings is 2. The Morgan fingerprint density at radius 2 is 1.71 bits per heavy atom. The van der Waals surface area contributed by atoms with Crippen LogP contribution in [0.1, 0.15) is 43.9 Å². The maximum absolute atomic E-state index is 13.6. The molecule has 0 aliphatic carbocycles. The fourth-order valence-corrected chi connectivity index (χ4v) is 5.02. The first-order valence-electron chi connectivity index (χ1n) is 11.2. The van der Waals surface area contributed by atoms with Gasteiger partial charge in [0.1, 0.15) is 5.82 Å². The van der Waals surface area contributed by atoms with Gasteiger partial charge in [0.25, 0.3) is 0 Å². The standard InChI is InChI=1S/C24H24ClFN6OS/c1-16(31-13-3-2-4-14-31)22-28-30-24(32(22)20-11-9-19(26)10-12-20)34-15-21-27-29-23(33-21)17-5-7-18(25)8-6-17/h5-12,16H,2-4,13-15H2,1H3. The van der Waals surface area contributed by atoms with Crippen molar-refractivity contribution < 1.29 is 8.81 Å². The third-order valence-corrected chi connectivity index (χ3v) is 7.10. The van der Waals surface area contributed by atoms with Crippen LogP contribution >= 0.6 is 23.4 Å². The second kappa shape index (κ2) is 10.2. The van der Waals surface area contributed by atoms with E-state index in [1.54, 1.807) is 24.3 Å². The SMILES string of the molecule is CC(c1nnc(SCc2nnc(-c3ccc(Cl)cc3)o2)n1-c1ccc(F)cc1)N1CCCCC1. The van der Waals surface area contributed by atoms with E-state index in [4.69, 9.17) is 16.0 Å². The fourth-order valence-electron chi connectivity index (χ4n) is 4.09. The summed E-state index contributed by atoms with van der Waals surface area (Å²) in [4.78, 5) is 2.43. The average Bonchev–Trinajstić information content (AvgIpc) is 3.51. The van der Waals surface area contributed by atoms with E-state index in [2.05, 4.69) is 32.2 Å². The molecule has 1 saturated heterocycles. The molecule has 0 radical (unpaired) electrons. The first-order chi connectivity index (χ1) is 16.6. The van der Waals surface area contributed by atoms with Crippen LogP contribution in [0.4, 0.5) is 4.39 Å². The Kier molecular flexibility index (Phi) is 6.94. The molecule has 0 saturated carbocycles. The summed E-state index contributed by atoms with van der Waals surface area (Å²) in [5, 5.41) is 18.7. The van der Waals surface area contributed by atoms with Crippen LogP contribution in [0.25, 0.3) is 17.1 Å². The summed E-state index contributed by atoms with van der Waals surface area (Å²) in [6, 6.07) is 13.7. The molecule has 10 heteroatoms. The van der Waals surface area contributed by atoms with Crippen molar-refractivity contribution in [3.8, 4) is 17.1 Å². The molecule has 176 valence electrons. The van der Waals surface area contributed by atoms with Gasteiger partial charge in [0, 0.05) is 16.3 Å². The number of aromatic nitrogens is 5. The van der Waals surface area contributed by atoms with Gasteiger partial charge < -0.3 is 4.42 Å². The van der Waals surface area contributed by atoms with E-state index in [0.717, 1.165) is 30.2 Å². The second-order valence-corrected chi connectivity index (χ2v) is 9.60. The van der Waals surface area contributed by atoms with Gasteiger partial charge in [-0.25, -0.2) is 4.39 Å². The Balaban J connectivity index is 1.39. The highest BCUT2D eigenvalue weighted by Gasteiger charge is 2.26. The molecule has 2 aromatic heterocycles. The number of likely N-dealkylation sites (tertiary alicyclic amines) is 1. The summed E-state index contributed by atoms with van der Waals surface area (Å²) < 4.78 is 21.5. The molecule has 0 N–H and O–H groups in total. The van der Waals surface area contributed by atoms with Crippen molar-refractivity contribution in [2.24, 2.45) is 0 Å². The van der Waals surface area contributed by atoms with Crippen LogP contribution in [0.5, 0.6) is 0 Å². The minimum absolute atomic E-state index is 0.0899. The highest BCUT2D eigenvalue weighted by atomic mass is 35.5. The largest absolute Gasteiger partial charge is 0.420 e. The number of rotatable bonds is 7. The monoisotopic (exact) mass is 498 g/mol. The molecule has 5 rings (SSSR count). The van der Waals surface area contributed by atoms with Gasteiger partial charge in [-0.2, -0.15) is 0 Å². The highest BCUT2D eigenvalue weighted by molar-refractivity contribution is 7.98. The third-order valence-electron chi connectivity index (χ3n) is 5.94. The van der Waals surface area contributed by atoms with Gasteiger partial charge in [-0.1, -0.05) is 29.8 Å². The van der Waals surface area contributed by atoms with Crippen molar-refractivity contribution in [3.05, 3.63) is 71.1 Å². The number of nitrogens with zero attached hydrogens (tertiary/aromatic N) is 6. The Morgan fingerprint density at radius 1 is 0.971 bits per heavy atom. The molecule has 1 atom stereocenters. The third kappa shape index (κ3) is 5.01. The lowest BCUT2D eigenvalue weighted by Gasteiger charge is -2.31. The van der Waals surface area contributed by atoms with Crippen molar-refractivity contribution in [3.63, 3.8) is 0 Å². The minimum Gasteiger partial charge on any atom is -0.420 e. The molecule has 4 aromatic rings. The summed E-state index contributed by atoms with van der Waals surface area (Å²) in [6.07, 6.45) is 3.63. The Bertz CT molecular complexity index is 1240. The van der Waals surface area contributed by atoms with Gasteiger partial charge in [-0.15, -0.1) is 20.4 Å². The maximum atomic E-state index is 13.6. The molecule has 2 aromatic carbocycles. The van der Waals surface area contributed by atoms with Gasteiger partial charge in [-0.3, -0.25) is 9.47 Å². The van der Waals surface area contributed by atoms with Crippen LogP contribution in [0.3, 0.4) is 0 Å². The summed E-state index contributed by atoms with van der Waals surface area (Å²) in [6.45, 7) is 4.23. The number of hydrogen-bond acceptors (Lipinski definition) is 7. The zero-order valence-corrected chi connectivity index (χ0v) is 20.3. The fraction of sp³-hybridized carbons (Fsp3) is 0.333. The Morgan fingerprint density at radius 3 is 2.44 bits per heavy atom. The van der Waals surface area contributed by atoms with E-state index in [1.165, 1.54) is 43.2 Å². The number of thioether (sulfide) groups is 1.